The molecule has 4 rings (SSSR count). The lowest BCUT2D eigenvalue weighted by atomic mass is 10.3. The Kier molecular flexibility index (Phi) is 9.35. The van der Waals surface area contributed by atoms with E-state index < -0.39 is 32.5 Å². The van der Waals surface area contributed by atoms with Gasteiger partial charge in [0.15, 0.2) is 0 Å². The number of carbonyl (C=O) groups is 1. The summed E-state index contributed by atoms with van der Waals surface area (Å²) < 4.78 is 61.1. The zero-order valence-corrected chi connectivity index (χ0v) is 25.1. The molecule has 4 aromatic rings. The highest BCUT2D eigenvalue weighted by atomic mass is 35.5. The largest absolute Gasteiger partial charge is 0.495 e. The number of hydrogen-bond acceptors (Lipinski definition) is 6. The molecule has 0 atom stereocenters. The van der Waals surface area contributed by atoms with E-state index in [4.69, 9.17) is 39.5 Å². The number of rotatable bonds is 10. The first kappa shape index (κ1) is 30.5. The van der Waals surface area contributed by atoms with Crippen molar-refractivity contribution < 1.29 is 26.4 Å². The molecule has 0 radical (unpaired) electrons. The third-order valence-corrected chi connectivity index (χ3v) is 9.97. The molecule has 9 nitrogen and oxygen atoms in total. The molecule has 0 saturated carbocycles. The molecular weight excluding hydrogens is 633 g/mol. The summed E-state index contributed by atoms with van der Waals surface area (Å²) in [4.78, 5) is 12.9. The van der Waals surface area contributed by atoms with Crippen LogP contribution in [0.25, 0.3) is 0 Å². The van der Waals surface area contributed by atoms with Crippen LogP contribution in [0.15, 0.2) is 101 Å². The summed E-state index contributed by atoms with van der Waals surface area (Å²) in [6, 6.07) is 21.8. The van der Waals surface area contributed by atoms with Crippen LogP contribution in [0, 0.1) is 0 Å². The highest BCUT2D eigenvalue weighted by molar-refractivity contribution is 7.93. The van der Waals surface area contributed by atoms with Crippen LogP contribution < -0.4 is 19.1 Å². The normalized spacial score (nSPS) is 11.5. The quantitative estimate of drug-likeness (QED) is 0.207. The second-order valence-electron chi connectivity index (χ2n) is 8.42. The lowest BCUT2D eigenvalue weighted by Crippen LogP contribution is -2.38. The van der Waals surface area contributed by atoms with Gasteiger partial charge in [-0.25, -0.2) is 16.8 Å². The van der Waals surface area contributed by atoms with E-state index in [9.17, 15) is 21.6 Å². The van der Waals surface area contributed by atoms with Gasteiger partial charge in [-0.15, -0.1) is 0 Å². The summed E-state index contributed by atoms with van der Waals surface area (Å²) in [6.07, 6.45) is 0. The fourth-order valence-corrected chi connectivity index (χ4v) is 6.84. The van der Waals surface area contributed by atoms with Crippen molar-refractivity contribution in [2.45, 2.75) is 9.79 Å². The Bertz CT molecular complexity index is 1790. The van der Waals surface area contributed by atoms with Crippen LogP contribution in [0.3, 0.4) is 0 Å². The topological polar surface area (TPSA) is 122 Å². The van der Waals surface area contributed by atoms with Gasteiger partial charge in [0.05, 0.1) is 43.3 Å². The second kappa shape index (κ2) is 12.6. The zero-order chi connectivity index (χ0) is 29.8. The fraction of sp³-hybridized carbons (Fsp3) is 0.0741. The molecule has 0 aliphatic heterocycles. The maximum atomic E-state index is 13.5. The smallest absolute Gasteiger partial charge is 0.264 e. The maximum absolute atomic E-state index is 13.5. The van der Waals surface area contributed by atoms with Gasteiger partial charge in [0, 0.05) is 5.69 Å². The standard InChI is InChI=1S/C27H22Cl3N3O6S2/c1-39-25-15-12-19(16-23(25)29)33(41(37,38)21-6-3-2-4-7-21)17-26(34)31-18-10-13-20(14-11-18)40(35,36)32-24-9-5-8-22(28)27(24)30/h2-16,32H,17H2,1H3,(H,31,34). The minimum atomic E-state index is -4.18. The number of ether oxygens (including phenoxy) is 1. The predicted octanol–water partition coefficient (Wildman–Crippen LogP) is 6.29. The Hall–Kier alpha value is -3.48. The number of methoxy groups -OCH3 is 1. The number of nitrogens with one attached hydrogen (secondary N) is 2. The molecule has 2 N–H and O–H groups in total. The molecular formula is C27H22Cl3N3O6S2. The summed E-state index contributed by atoms with van der Waals surface area (Å²) in [7, 11) is -6.78. The van der Waals surface area contributed by atoms with E-state index in [1.54, 1.807) is 24.3 Å². The van der Waals surface area contributed by atoms with E-state index >= 15 is 0 Å². The third kappa shape index (κ3) is 7.06. The number of nitrogens with zero attached hydrogens (tertiary/aromatic N) is 1. The summed E-state index contributed by atoms with van der Waals surface area (Å²) in [5.41, 5.74) is 0.483. The monoisotopic (exact) mass is 653 g/mol. The van der Waals surface area contributed by atoms with E-state index in [-0.39, 0.29) is 41.9 Å². The maximum Gasteiger partial charge on any atom is 0.264 e. The molecule has 14 heteroatoms. The predicted molar refractivity (Wildman–Crippen MR) is 161 cm³/mol. The summed E-state index contributed by atoms with van der Waals surface area (Å²) in [6.45, 7) is -0.602. The molecule has 0 fully saturated rings. The van der Waals surface area contributed by atoms with Crippen molar-refractivity contribution in [3.05, 3.63) is 106 Å². The van der Waals surface area contributed by atoms with Gasteiger partial charge in [0.2, 0.25) is 5.91 Å². The highest BCUT2D eigenvalue weighted by Crippen LogP contribution is 2.33. The summed E-state index contributed by atoms with van der Waals surface area (Å²) in [5, 5.41) is 2.98. The molecule has 214 valence electrons. The fourth-order valence-electron chi connectivity index (χ4n) is 3.68. The van der Waals surface area contributed by atoms with Crippen LogP contribution >= 0.6 is 34.8 Å². The number of sulfonamides is 2. The summed E-state index contributed by atoms with van der Waals surface area (Å²) in [5.74, 6) is -0.352. The SMILES string of the molecule is COc1ccc(N(CC(=O)Nc2ccc(S(=O)(=O)Nc3cccc(Cl)c3Cl)cc2)S(=O)(=O)c2ccccc2)cc1Cl. The number of carbonyl (C=O) groups excluding carboxylic acids is 1. The second-order valence-corrected chi connectivity index (χ2v) is 13.2. The molecule has 0 unspecified atom stereocenters. The van der Waals surface area contributed by atoms with Gasteiger partial charge in [-0.1, -0.05) is 59.1 Å². The first-order valence-corrected chi connectivity index (χ1v) is 15.8. The summed E-state index contributed by atoms with van der Waals surface area (Å²) >= 11 is 18.3. The lowest BCUT2D eigenvalue weighted by Gasteiger charge is -2.24. The molecule has 0 heterocycles. The Labute approximate surface area is 252 Å². The number of anilines is 3. The van der Waals surface area contributed by atoms with Gasteiger partial charge >= 0.3 is 0 Å². The van der Waals surface area contributed by atoms with Crippen molar-refractivity contribution in [1.29, 1.82) is 0 Å². The van der Waals surface area contributed by atoms with Crippen molar-refractivity contribution >= 4 is 77.8 Å². The molecule has 0 bridgehead atoms. The molecule has 0 aliphatic rings. The molecule has 4 aromatic carbocycles. The Morgan fingerprint density at radius 1 is 0.805 bits per heavy atom. The van der Waals surface area contributed by atoms with Crippen LogP contribution in [-0.4, -0.2) is 36.4 Å². The Balaban J connectivity index is 1.55. The molecule has 0 spiro atoms. The highest BCUT2D eigenvalue weighted by Gasteiger charge is 2.28. The molecule has 0 aliphatic carbocycles. The van der Waals surface area contributed by atoms with Crippen molar-refractivity contribution in [2.75, 3.05) is 28.0 Å². The van der Waals surface area contributed by atoms with Crippen molar-refractivity contribution in [2.24, 2.45) is 0 Å². The number of amides is 1. The van der Waals surface area contributed by atoms with Crippen molar-refractivity contribution in [1.82, 2.24) is 0 Å². The molecule has 1 amide bonds. The van der Waals surface area contributed by atoms with Gasteiger partial charge in [-0.3, -0.25) is 13.8 Å². The Morgan fingerprint density at radius 3 is 2.12 bits per heavy atom. The van der Waals surface area contributed by atoms with Gasteiger partial charge in [-0.2, -0.15) is 0 Å². The average Bonchev–Trinajstić information content (AvgIpc) is 2.95. The first-order chi connectivity index (χ1) is 19.4. The van der Waals surface area contributed by atoms with Gasteiger partial charge < -0.3 is 10.1 Å². The van der Waals surface area contributed by atoms with Gasteiger partial charge in [0.25, 0.3) is 20.0 Å². The van der Waals surface area contributed by atoms with Crippen molar-refractivity contribution in [3.8, 4) is 5.75 Å². The van der Waals surface area contributed by atoms with E-state index in [1.807, 2.05) is 0 Å². The van der Waals surface area contributed by atoms with Crippen LogP contribution in [0.5, 0.6) is 5.75 Å². The van der Waals surface area contributed by atoms with Crippen LogP contribution in [0.4, 0.5) is 17.1 Å². The molecule has 0 aromatic heterocycles. The number of hydrogen-bond donors (Lipinski definition) is 2. The number of halogens is 3. The molecule has 41 heavy (non-hydrogen) atoms. The van der Waals surface area contributed by atoms with Crippen LogP contribution in [-0.2, 0) is 24.8 Å². The van der Waals surface area contributed by atoms with E-state index in [2.05, 4.69) is 10.0 Å². The van der Waals surface area contributed by atoms with E-state index in [1.165, 1.54) is 73.8 Å². The Morgan fingerprint density at radius 2 is 1.49 bits per heavy atom. The average molecular weight is 655 g/mol. The minimum Gasteiger partial charge on any atom is -0.495 e. The lowest BCUT2D eigenvalue weighted by molar-refractivity contribution is -0.114. The van der Waals surface area contributed by atoms with Gasteiger partial charge in [-0.05, 0) is 66.7 Å². The van der Waals surface area contributed by atoms with Gasteiger partial charge in [0.1, 0.15) is 12.3 Å². The van der Waals surface area contributed by atoms with Crippen LogP contribution in [0.2, 0.25) is 15.1 Å². The minimum absolute atomic E-state index is 0.0263. The third-order valence-electron chi connectivity index (χ3n) is 5.69. The van der Waals surface area contributed by atoms with E-state index in [0.717, 1.165) is 4.31 Å². The van der Waals surface area contributed by atoms with Crippen molar-refractivity contribution in [3.63, 3.8) is 0 Å². The van der Waals surface area contributed by atoms with Crippen LogP contribution in [0.1, 0.15) is 0 Å². The zero-order valence-electron chi connectivity index (χ0n) is 21.2. The first-order valence-electron chi connectivity index (χ1n) is 11.7. The number of benzene rings is 4. The molecule has 0 saturated heterocycles. The van der Waals surface area contributed by atoms with E-state index in [0.29, 0.717) is 5.75 Å².